The van der Waals surface area contributed by atoms with Crippen molar-refractivity contribution in [2.24, 2.45) is 0 Å². The van der Waals surface area contributed by atoms with Gasteiger partial charge in [0.15, 0.2) is 0 Å². The second-order valence-corrected chi connectivity index (χ2v) is 4.75. The largest absolute Gasteiger partial charge is 0.312 e. The maximum atomic E-state index is 13.2. The Balaban J connectivity index is 2.00. The number of hydrogen-bond donors (Lipinski definition) is 1. The van der Waals surface area contributed by atoms with Gasteiger partial charge in [0.25, 0.3) is 0 Å². The third-order valence-electron chi connectivity index (χ3n) is 2.84. The van der Waals surface area contributed by atoms with Crippen LogP contribution >= 0.6 is 11.6 Å². The van der Waals surface area contributed by atoms with Crippen molar-refractivity contribution in [1.29, 1.82) is 0 Å². The van der Waals surface area contributed by atoms with E-state index in [4.69, 9.17) is 11.6 Å². The molecule has 16 heavy (non-hydrogen) atoms. The summed E-state index contributed by atoms with van der Waals surface area (Å²) in [6.45, 7) is 5.96. The van der Waals surface area contributed by atoms with Crippen LogP contribution in [0.1, 0.15) is 12.5 Å². The topological polar surface area (TPSA) is 15.3 Å². The third-order valence-corrected chi connectivity index (χ3v) is 3.15. The van der Waals surface area contributed by atoms with Crippen LogP contribution in [0.4, 0.5) is 4.39 Å². The number of nitrogens with one attached hydrogen (secondary N) is 1. The lowest BCUT2D eigenvalue weighted by Crippen LogP contribution is -2.48. The lowest BCUT2D eigenvalue weighted by Gasteiger charge is -2.31. The van der Waals surface area contributed by atoms with Gasteiger partial charge in [0, 0.05) is 32.2 Å². The molecule has 0 radical (unpaired) electrons. The fourth-order valence-electron chi connectivity index (χ4n) is 2.05. The quantitative estimate of drug-likeness (QED) is 0.856. The molecule has 2 nitrogen and oxygen atoms in total. The summed E-state index contributed by atoms with van der Waals surface area (Å²) in [5, 5.41) is 3.57. The normalized spacial score (nSPS) is 22.3. The fraction of sp³-hybridized carbons (Fsp3) is 0.500. The Labute approximate surface area is 100 Å². The van der Waals surface area contributed by atoms with Gasteiger partial charge in [-0.15, -0.1) is 0 Å². The first-order valence-corrected chi connectivity index (χ1v) is 5.92. The second-order valence-electron chi connectivity index (χ2n) is 4.34. The number of benzene rings is 1. The summed E-state index contributed by atoms with van der Waals surface area (Å²) in [5.41, 5.74) is 0.982. The molecule has 0 amide bonds. The monoisotopic (exact) mass is 242 g/mol. The minimum atomic E-state index is -0.331. The molecule has 0 saturated carbocycles. The van der Waals surface area contributed by atoms with Crippen LogP contribution in [0.2, 0.25) is 5.02 Å². The molecular weight excluding hydrogens is 227 g/mol. The molecule has 1 heterocycles. The average Bonchev–Trinajstić information content (AvgIpc) is 2.24. The number of halogens is 2. The van der Waals surface area contributed by atoms with Gasteiger partial charge in [-0.1, -0.05) is 17.7 Å². The van der Waals surface area contributed by atoms with E-state index in [-0.39, 0.29) is 10.8 Å². The zero-order valence-electron chi connectivity index (χ0n) is 9.34. The molecule has 1 atom stereocenters. The molecule has 2 rings (SSSR count). The Hall–Kier alpha value is -0.640. The minimum Gasteiger partial charge on any atom is -0.312 e. The highest BCUT2D eigenvalue weighted by atomic mass is 35.5. The van der Waals surface area contributed by atoms with Crippen LogP contribution in [0, 0.1) is 5.82 Å². The van der Waals surface area contributed by atoms with Gasteiger partial charge in [-0.25, -0.2) is 4.39 Å². The molecule has 1 N–H and O–H groups in total. The van der Waals surface area contributed by atoms with Crippen LogP contribution in [-0.4, -0.2) is 30.6 Å². The summed E-state index contributed by atoms with van der Waals surface area (Å²) in [6.07, 6.45) is 0. The third kappa shape index (κ3) is 2.94. The summed E-state index contributed by atoms with van der Waals surface area (Å²) in [4.78, 5) is 2.32. The first-order valence-electron chi connectivity index (χ1n) is 5.55. The van der Waals surface area contributed by atoms with E-state index in [0.29, 0.717) is 6.04 Å². The standard InChI is InChI=1S/C12H16ClFN2/c1-9-7-16(5-4-15-9)8-10-2-3-11(13)12(14)6-10/h2-3,6,9,15H,4-5,7-8H2,1H3/t9-/m0/s1. The van der Waals surface area contributed by atoms with E-state index in [1.54, 1.807) is 6.07 Å². The lowest BCUT2D eigenvalue weighted by atomic mass is 10.1. The van der Waals surface area contributed by atoms with Crippen LogP contribution in [-0.2, 0) is 6.54 Å². The van der Waals surface area contributed by atoms with E-state index < -0.39 is 0 Å². The molecule has 1 saturated heterocycles. The Bertz CT molecular complexity index is 370. The first kappa shape index (κ1) is 11.8. The Kier molecular flexibility index (Phi) is 3.79. The predicted octanol–water partition coefficient (Wildman–Crippen LogP) is 2.27. The van der Waals surface area contributed by atoms with E-state index in [0.717, 1.165) is 31.7 Å². The van der Waals surface area contributed by atoms with Crippen LogP contribution in [0.15, 0.2) is 18.2 Å². The molecule has 4 heteroatoms. The summed E-state index contributed by atoms with van der Waals surface area (Å²) >= 11 is 5.65. The van der Waals surface area contributed by atoms with Gasteiger partial charge in [0.2, 0.25) is 0 Å². The van der Waals surface area contributed by atoms with Gasteiger partial charge < -0.3 is 5.32 Å². The van der Waals surface area contributed by atoms with Crippen molar-refractivity contribution in [2.45, 2.75) is 19.5 Å². The fourth-order valence-corrected chi connectivity index (χ4v) is 2.17. The molecule has 1 aromatic carbocycles. The second kappa shape index (κ2) is 5.13. The SMILES string of the molecule is C[C@H]1CN(Cc2ccc(Cl)c(F)c2)CCN1. The van der Waals surface area contributed by atoms with Crippen molar-refractivity contribution in [3.63, 3.8) is 0 Å². The lowest BCUT2D eigenvalue weighted by molar-refractivity contribution is 0.199. The van der Waals surface area contributed by atoms with Crippen molar-refractivity contribution in [3.8, 4) is 0 Å². The summed E-state index contributed by atoms with van der Waals surface area (Å²) in [5.74, 6) is -0.331. The molecule has 0 unspecified atom stereocenters. The molecule has 1 aliphatic heterocycles. The van der Waals surface area contributed by atoms with Gasteiger partial charge >= 0.3 is 0 Å². The van der Waals surface area contributed by atoms with Crippen molar-refractivity contribution in [2.75, 3.05) is 19.6 Å². The number of nitrogens with zero attached hydrogens (tertiary/aromatic N) is 1. The Morgan fingerprint density at radius 1 is 1.56 bits per heavy atom. The maximum absolute atomic E-state index is 13.2. The molecular formula is C12H16ClFN2. The highest BCUT2D eigenvalue weighted by Crippen LogP contribution is 2.17. The van der Waals surface area contributed by atoms with Crippen molar-refractivity contribution in [3.05, 3.63) is 34.6 Å². The molecule has 0 spiro atoms. The van der Waals surface area contributed by atoms with E-state index in [1.165, 1.54) is 6.07 Å². The molecule has 1 aliphatic rings. The van der Waals surface area contributed by atoms with Gasteiger partial charge in [0.1, 0.15) is 5.82 Å². The summed E-state index contributed by atoms with van der Waals surface area (Å²) < 4.78 is 13.2. The van der Waals surface area contributed by atoms with Crippen LogP contribution in [0.3, 0.4) is 0 Å². The Morgan fingerprint density at radius 3 is 3.06 bits per heavy atom. The summed E-state index contributed by atoms with van der Waals surface area (Å²) in [7, 11) is 0. The van der Waals surface area contributed by atoms with Crippen LogP contribution in [0.5, 0.6) is 0 Å². The average molecular weight is 243 g/mol. The van der Waals surface area contributed by atoms with Gasteiger partial charge in [-0.2, -0.15) is 0 Å². The van der Waals surface area contributed by atoms with Crippen LogP contribution in [0.25, 0.3) is 0 Å². The predicted molar refractivity (Wildman–Crippen MR) is 64.2 cm³/mol. The van der Waals surface area contributed by atoms with Crippen LogP contribution < -0.4 is 5.32 Å². The molecule has 0 aromatic heterocycles. The molecule has 88 valence electrons. The molecule has 0 aliphatic carbocycles. The molecule has 0 bridgehead atoms. The summed E-state index contributed by atoms with van der Waals surface area (Å²) in [6, 6.07) is 5.54. The van der Waals surface area contributed by atoms with Gasteiger partial charge in [-0.3, -0.25) is 4.90 Å². The number of rotatable bonds is 2. The van der Waals surface area contributed by atoms with Crippen molar-refractivity contribution in [1.82, 2.24) is 10.2 Å². The Morgan fingerprint density at radius 2 is 2.38 bits per heavy atom. The number of piperazine rings is 1. The van der Waals surface area contributed by atoms with Crippen molar-refractivity contribution < 1.29 is 4.39 Å². The van der Waals surface area contributed by atoms with E-state index in [2.05, 4.69) is 17.1 Å². The van der Waals surface area contributed by atoms with E-state index >= 15 is 0 Å². The number of hydrogen-bond acceptors (Lipinski definition) is 2. The highest BCUT2D eigenvalue weighted by Gasteiger charge is 2.15. The van der Waals surface area contributed by atoms with Crippen molar-refractivity contribution >= 4 is 11.6 Å². The van der Waals surface area contributed by atoms with Gasteiger partial charge in [0.05, 0.1) is 5.02 Å². The highest BCUT2D eigenvalue weighted by molar-refractivity contribution is 6.30. The molecule has 1 fully saturated rings. The first-order chi connectivity index (χ1) is 7.65. The van der Waals surface area contributed by atoms with E-state index in [1.807, 2.05) is 6.07 Å². The molecule has 1 aromatic rings. The minimum absolute atomic E-state index is 0.192. The van der Waals surface area contributed by atoms with E-state index in [9.17, 15) is 4.39 Å². The maximum Gasteiger partial charge on any atom is 0.142 e. The smallest absolute Gasteiger partial charge is 0.142 e. The zero-order chi connectivity index (χ0) is 11.5. The van der Waals surface area contributed by atoms with Gasteiger partial charge in [-0.05, 0) is 24.6 Å². The zero-order valence-corrected chi connectivity index (χ0v) is 10.1.